The van der Waals surface area contributed by atoms with Gasteiger partial charge in [0.1, 0.15) is 11.3 Å². The van der Waals surface area contributed by atoms with Crippen LogP contribution in [0.15, 0.2) is 18.2 Å². The highest BCUT2D eigenvalue weighted by Gasteiger charge is 2.27. The summed E-state index contributed by atoms with van der Waals surface area (Å²) in [5.74, 6) is -0.756. The normalized spacial score (nSPS) is 12.0. The minimum Gasteiger partial charge on any atom is -0.478 e. The van der Waals surface area contributed by atoms with E-state index in [1.54, 1.807) is 23.6 Å². The molecule has 0 aliphatic rings. The Morgan fingerprint density at radius 3 is 2.75 bits per heavy atom. The Balaban J connectivity index is 2.32. The van der Waals surface area contributed by atoms with Gasteiger partial charge in [0.25, 0.3) is 0 Å². The number of hydrogen-bond acceptors (Lipinski definition) is 3. The molecule has 0 unspecified atom stereocenters. The maximum Gasteiger partial charge on any atom is 0.441 e. The van der Waals surface area contributed by atoms with E-state index in [4.69, 9.17) is 5.11 Å². The molecule has 0 spiro atoms. The van der Waals surface area contributed by atoms with Gasteiger partial charge in [0, 0.05) is 12.3 Å². The topological polar surface area (TPSA) is 55.1 Å². The van der Waals surface area contributed by atoms with Gasteiger partial charge in [0.2, 0.25) is 0 Å². The number of alkyl halides is 3. The lowest BCUT2D eigenvalue weighted by Crippen LogP contribution is -2.08. The van der Waals surface area contributed by atoms with E-state index in [-0.39, 0.29) is 29.6 Å². The van der Waals surface area contributed by atoms with Crippen LogP contribution in [-0.4, -0.2) is 31.9 Å². The molecule has 2 rings (SSSR count). The van der Waals surface area contributed by atoms with E-state index in [0.717, 1.165) is 0 Å². The smallest absolute Gasteiger partial charge is 0.441 e. The third kappa shape index (κ3) is 3.06. The van der Waals surface area contributed by atoms with E-state index in [1.165, 1.54) is 6.07 Å². The minimum absolute atomic E-state index is 0.0489. The Bertz CT molecular complexity index is 652. The number of halogens is 3. The summed E-state index contributed by atoms with van der Waals surface area (Å²) in [4.78, 5) is 15.2. The minimum atomic E-state index is -4.27. The number of rotatable bonds is 4. The van der Waals surface area contributed by atoms with Gasteiger partial charge in [0.15, 0.2) is 0 Å². The highest BCUT2D eigenvalue weighted by molar-refractivity contribution is 8.00. The number of para-hydroxylation sites is 1. The molecule has 2 aromatic rings. The van der Waals surface area contributed by atoms with E-state index >= 15 is 0 Å². The first-order valence-corrected chi connectivity index (χ1v) is 6.68. The average molecular weight is 304 g/mol. The lowest BCUT2D eigenvalue weighted by molar-refractivity contribution is -0.0328. The van der Waals surface area contributed by atoms with E-state index in [1.807, 2.05) is 0 Å². The SMILES string of the molecule is Cc1nc2c(C(=O)O)cccc2n1CCSC(F)(F)F. The molecule has 0 fully saturated rings. The number of benzene rings is 1. The van der Waals surface area contributed by atoms with Gasteiger partial charge in [0.05, 0.1) is 11.1 Å². The number of aryl methyl sites for hydroxylation is 2. The first-order chi connectivity index (χ1) is 9.29. The van der Waals surface area contributed by atoms with Crippen molar-refractivity contribution in [3.63, 3.8) is 0 Å². The summed E-state index contributed by atoms with van der Waals surface area (Å²) in [6.07, 6.45) is 0. The third-order valence-electron chi connectivity index (χ3n) is 2.78. The molecule has 1 heterocycles. The van der Waals surface area contributed by atoms with Gasteiger partial charge in [-0.05, 0) is 30.8 Å². The number of aromatic nitrogens is 2. The molecule has 8 heteroatoms. The van der Waals surface area contributed by atoms with Crippen LogP contribution in [0.1, 0.15) is 16.2 Å². The number of fused-ring (bicyclic) bond motifs is 1. The fourth-order valence-corrected chi connectivity index (χ4v) is 2.48. The summed E-state index contributed by atoms with van der Waals surface area (Å²) in [7, 11) is 0. The van der Waals surface area contributed by atoms with Crippen molar-refractivity contribution in [3.05, 3.63) is 29.6 Å². The van der Waals surface area contributed by atoms with Crippen molar-refractivity contribution < 1.29 is 23.1 Å². The summed E-state index contributed by atoms with van der Waals surface area (Å²) in [6, 6.07) is 4.63. The predicted octanol–water partition coefficient (Wildman–Crippen LogP) is 3.30. The van der Waals surface area contributed by atoms with Crippen molar-refractivity contribution in [2.45, 2.75) is 19.0 Å². The van der Waals surface area contributed by atoms with E-state index < -0.39 is 11.5 Å². The second kappa shape index (κ2) is 5.35. The van der Waals surface area contributed by atoms with Crippen molar-refractivity contribution in [1.29, 1.82) is 0 Å². The van der Waals surface area contributed by atoms with Gasteiger partial charge in [-0.2, -0.15) is 13.2 Å². The van der Waals surface area contributed by atoms with Gasteiger partial charge >= 0.3 is 11.5 Å². The van der Waals surface area contributed by atoms with E-state index in [9.17, 15) is 18.0 Å². The molecule has 0 atom stereocenters. The van der Waals surface area contributed by atoms with Crippen molar-refractivity contribution in [2.75, 3.05) is 5.75 Å². The predicted molar refractivity (Wildman–Crippen MR) is 69.9 cm³/mol. The second-order valence-electron chi connectivity index (χ2n) is 4.08. The summed E-state index contributed by atoms with van der Waals surface area (Å²) in [5.41, 5.74) is -3.39. The van der Waals surface area contributed by atoms with E-state index in [2.05, 4.69) is 4.98 Å². The highest BCUT2D eigenvalue weighted by Crippen LogP contribution is 2.30. The lowest BCUT2D eigenvalue weighted by Gasteiger charge is -2.08. The van der Waals surface area contributed by atoms with Crippen LogP contribution >= 0.6 is 11.8 Å². The Morgan fingerprint density at radius 1 is 1.45 bits per heavy atom. The average Bonchev–Trinajstić information content (AvgIpc) is 2.64. The van der Waals surface area contributed by atoms with Gasteiger partial charge in [-0.25, -0.2) is 9.78 Å². The van der Waals surface area contributed by atoms with Gasteiger partial charge in [-0.1, -0.05) is 6.07 Å². The van der Waals surface area contributed by atoms with Gasteiger partial charge in [-0.15, -0.1) is 0 Å². The zero-order valence-electron chi connectivity index (χ0n) is 10.4. The number of nitrogens with zero attached hydrogens (tertiary/aromatic N) is 2. The van der Waals surface area contributed by atoms with Crippen LogP contribution in [0.2, 0.25) is 0 Å². The van der Waals surface area contributed by atoms with Crippen LogP contribution in [0, 0.1) is 6.92 Å². The van der Waals surface area contributed by atoms with Crippen LogP contribution in [0.25, 0.3) is 11.0 Å². The number of carboxylic acid groups (broad SMARTS) is 1. The molecule has 0 saturated heterocycles. The van der Waals surface area contributed by atoms with Crippen LogP contribution in [0.4, 0.5) is 13.2 Å². The molecule has 0 amide bonds. The zero-order valence-corrected chi connectivity index (χ0v) is 11.3. The van der Waals surface area contributed by atoms with Crippen LogP contribution in [-0.2, 0) is 6.54 Å². The molecule has 0 saturated carbocycles. The maximum absolute atomic E-state index is 12.1. The largest absolute Gasteiger partial charge is 0.478 e. The molecular formula is C12H11F3N2O2S. The maximum atomic E-state index is 12.1. The van der Waals surface area contributed by atoms with Crippen LogP contribution in [0.3, 0.4) is 0 Å². The molecule has 0 bridgehead atoms. The van der Waals surface area contributed by atoms with Gasteiger partial charge in [-0.3, -0.25) is 0 Å². The molecule has 0 aliphatic heterocycles. The number of aromatic carboxylic acids is 1. The van der Waals surface area contributed by atoms with Gasteiger partial charge < -0.3 is 9.67 Å². The molecule has 0 aliphatic carbocycles. The number of carboxylic acids is 1. The molecule has 1 aromatic heterocycles. The summed E-state index contributed by atoms with van der Waals surface area (Å²) in [6.45, 7) is 1.76. The zero-order chi connectivity index (χ0) is 14.9. The Hall–Kier alpha value is -1.70. The summed E-state index contributed by atoms with van der Waals surface area (Å²) >= 11 is -0.105. The molecule has 108 valence electrons. The Kier molecular flexibility index (Phi) is 3.94. The standard InChI is InChI=1S/C12H11F3N2O2S/c1-7-16-10-8(11(18)19)3-2-4-9(10)17(7)5-6-20-12(13,14)15/h2-4H,5-6H2,1H3,(H,18,19). The number of carbonyl (C=O) groups is 1. The molecule has 0 radical (unpaired) electrons. The van der Waals surface area contributed by atoms with E-state index in [0.29, 0.717) is 16.9 Å². The molecular weight excluding hydrogens is 293 g/mol. The molecule has 20 heavy (non-hydrogen) atoms. The van der Waals surface area contributed by atoms with Crippen molar-refractivity contribution in [2.24, 2.45) is 0 Å². The highest BCUT2D eigenvalue weighted by atomic mass is 32.2. The fraction of sp³-hybridized carbons (Fsp3) is 0.333. The summed E-state index contributed by atoms with van der Waals surface area (Å²) in [5, 5.41) is 9.06. The first-order valence-electron chi connectivity index (χ1n) is 5.69. The van der Waals surface area contributed by atoms with Crippen LogP contribution in [0.5, 0.6) is 0 Å². The Morgan fingerprint density at radius 2 is 2.15 bits per heavy atom. The van der Waals surface area contributed by atoms with Crippen molar-refractivity contribution >= 4 is 28.8 Å². The second-order valence-corrected chi connectivity index (χ2v) is 5.24. The number of thioether (sulfide) groups is 1. The van der Waals surface area contributed by atoms with Crippen LogP contribution < -0.4 is 0 Å². The summed E-state index contributed by atoms with van der Waals surface area (Å²) < 4.78 is 38.0. The fourth-order valence-electron chi connectivity index (χ4n) is 1.97. The lowest BCUT2D eigenvalue weighted by atomic mass is 10.2. The molecule has 4 nitrogen and oxygen atoms in total. The molecule has 1 aromatic carbocycles. The third-order valence-corrected chi connectivity index (χ3v) is 3.49. The monoisotopic (exact) mass is 304 g/mol. The van der Waals surface area contributed by atoms with Crippen molar-refractivity contribution in [3.8, 4) is 0 Å². The Labute approximate surface area is 116 Å². The van der Waals surface area contributed by atoms with Crippen molar-refractivity contribution in [1.82, 2.24) is 9.55 Å². The quantitative estimate of drug-likeness (QED) is 0.941. The first kappa shape index (κ1) is 14.7. The molecule has 1 N–H and O–H groups in total. The number of hydrogen-bond donors (Lipinski definition) is 1. The number of imidazole rings is 1.